The van der Waals surface area contributed by atoms with Crippen molar-refractivity contribution >= 4 is 107 Å². The Kier molecular flexibility index (Phi) is 35.0. The molecule has 0 radical (unpaired) electrons. The molecule has 24 heteroatoms. The third-order valence-electron chi connectivity index (χ3n) is 11.9. The van der Waals surface area contributed by atoms with E-state index in [9.17, 15) is 38.4 Å². The highest BCUT2D eigenvalue weighted by molar-refractivity contribution is 8.06. The molecular formula is C51H86O19S5. The first-order valence-electron chi connectivity index (χ1n) is 25.6. The van der Waals surface area contributed by atoms with E-state index in [1.54, 1.807) is 114 Å². The molecule has 0 spiro atoms. The van der Waals surface area contributed by atoms with E-state index in [4.69, 9.17) is 52.1 Å². The fourth-order valence-electron chi connectivity index (χ4n) is 5.11. The first-order chi connectivity index (χ1) is 35.2. The maximum atomic E-state index is 11.9. The van der Waals surface area contributed by atoms with Crippen molar-refractivity contribution in [2.75, 3.05) is 79.1 Å². The fourth-order valence-corrected chi connectivity index (χ4v) is 10.6. The van der Waals surface area contributed by atoms with Crippen molar-refractivity contribution in [3.63, 3.8) is 0 Å². The second-order valence-electron chi connectivity index (χ2n) is 19.4. The largest absolute Gasteiger partial charge is 0.453 e. The monoisotopic (exact) mass is 1160 g/mol. The normalized spacial score (nSPS) is 21.6. The summed E-state index contributed by atoms with van der Waals surface area (Å²) in [5, 5.41) is 0. The van der Waals surface area contributed by atoms with Gasteiger partial charge in [0.05, 0.1) is 47.7 Å². The van der Waals surface area contributed by atoms with Gasteiger partial charge in [-0.05, 0) is 106 Å². The Morgan fingerprint density at radius 2 is 0.960 bits per heavy atom. The third-order valence-corrected chi connectivity index (χ3v) is 17.9. The van der Waals surface area contributed by atoms with Gasteiger partial charge in [-0.1, -0.05) is 34.6 Å². The van der Waals surface area contributed by atoms with Crippen molar-refractivity contribution in [1.29, 1.82) is 0 Å². The van der Waals surface area contributed by atoms with Gasteiger partial charge < -0.3 is 52.1 Å². The number of rotatable bonds is 20. The van der Waals surface area contributed by atoms with E-state index in [2.05, 4.69) is 0 Å². The van der Waals surface area contributed by atoms with Gasteiger partial charge in [-0.15, -0.1) is 23.5 Å². The van der Waals surface area contributed by atoms with Crippen LogP contribution in [0.4, 0.5) is 0 Å². The molecule has 4 saturated heterocycles. The van der Waals surface area contributed by atoms with E-state index in [-0.39, 0.29) is 41.9 Å². The Balaban J connectivity index is 0.000000500. The van der Waals surface area contributed by atoms with Gasteiger partial charge in [-0.25, -0.2) is 19.2 Å². The lowest BCUT2D eigenvalue weighted by molar-refractivity contribution is -0.221. The van der Waals surface area contributed by atoms with Gasteiger partial charge >= 0.3 is 47.8 Å². The van der Waals surface area contributed by atoms with E-state index in [1.165, 1.54) is 13.8 Å². The van der Waals surface area contributed by atoms with Crippen LogP contribution in [0.15, 0.2) is 0 Å². The Bertz CT molecular complexity index is 1590. The minimum Gasteiger partial charge on any atom is -0.453 e. The van der Waals surface area contributed by atoms with E-state index >= 15 is 0 Å². The number of hydrogen-bond acceptors (Lipinski definition) is 24. The molecule has 4 heterocycles. The molecule has 4 aliphatic rings. The quantitative estimate of drug-likeness (QED) is 0.0823. The number of thioether (sulfide) groups is 5. The summed E-state index contributed by atoms with van der Waals surface area (Å²) < 4.78 is 56.7. The lowest BCUT2D eigenvalue weighted by Gasteiger charge is -2.26. The molecule has 4 rings (SSSR count). The van der Waals surface area contributed by atoms with Crippen LogP contribution >= 0.6 is 58.8 Å². The highest BCUT2D eigenvalue weighted by Crippen LogP contribution is 2.28. The summed E-state index contributed by atoms with van der Waals surface area (Å²) in [6, 6.07) is 0. The van der Waals surface area contributed by atoms with Crippen LogP contribution in [0.2, 0.25) is 0 Å². The molecule has 4 aliphatic heterocycles. The minimum atomic E-state index is -0.955. The summed E-state index contributed by atoms with van der Waals surface area (Å²) in [6.45, 7) is 26.0. The summed E-state index contributed by atoms with van der Waals surface area (Å²) in [7, 11) is 0. The molecular weight excluding hydrogens is 1080 g/mol. The summed E-state index contributed by atoms with van der Waals surface area (Å²) in [5.41, 5.74) is -1.99. The molecule has 0 aromatic rings. The van der Waals surface area contributed by atoms with Gasteiger partial charge in [-0.2, -0.15) is 35.3 Å². The van der Waals surface area contributed by atoms with Crippen molar-refractivity contribution in [1.82, 2.24) is 0 Å². The van der Waals surface area contributed by atoms with Crippen LogP contribution in [0.5, 0.6) is 0 Å². The van der Waals surface area contributed by atoms with Crippen LogP contribution in [0.25, 0.3) is 0 Å². The maximum absolute atomic E-state index is 11.9. The Labute approximate surface area is 466 Å². The molecule has 0 aliphatic carbocycles. The second kappa shape index (κ2) is 37.3. The molecule has 0 aromatic heterocycles. The van der Waals surface area contributed by atoms with Crippen molar-refractivity contribution in [3.8, 4) is 0 Å². The summed E-state index contributed by atoms with van der Waals surface area (Å²) >= 11 is 8.52. The summed E-state index contributed by atoms with van der Waals surface area (Å²) in [5.74, 6) is 3.58. The lowest BCUT2D eigenvalue weighted by Crippen LogP contribution is -2.38. The molecule has 0 saturated carbocycles. The second-order valence-corrected chi connectivity index (χ2v) is 25.4. The Morgan fingerprint density at radius 3 is 1.41 bits per heavy atom. The molecule has 0 N–H and O–H groups in total. The van der Waals surface area contributed by atoms with E-state index in [0.717, 1.165) is 46.7 Å². The van der Waals surface area contributed by atoms with Gasteiger partial charge in [0.2, 0.25) is 12.6 Å². The zero-order valence-corrected chi connectivity index (χ0v) is 50.7. The van der Waals surface area contributed by atoms with Crippen LogP contribution in [0, 0.1) is 22.2 Å². The van der Waals surface area contributed by atoms with Crippen LogP contribution < -0.4 is 0 Å². The molecule has 8 unspecified atom stereocenters. The first kappa shape index (κ1) is 70.4. The third kappa shape index (κ3) is 29.3. The van der Waals surface area contributed by atoms with Crippen LogP contribution in [0.1, 0.15) is 129 Å². The van der Waals surface area contributed by atoms with E-state index < -0.39 is 83.0 Å². The predicted octanol–water partition coefficient (Wildman–Crippen LogP) is 8.28. The van der Waals surface area contributed by atoms with Gasteiger partial charge in [-0.3, -0.25) is 19.2 Å². The Hall–Kier alpha value is -2.61. The molecule has 8 atom stereocenters. The topological polar surface area (TPSA) is 238 Å². The van der Waals surface area contributed by atoms with E-state index in [0.29, 0.717) is 51.3 Å². The van der Waals surface area contributed by atoms with Crippen molar-refractivity contribution in [2.24, 2.45) is 22.2 Å². The van der Waals surface area contributed by atoms with Crippen molar-refractivity contribution in [3.05, 3.63) is 0 Å². The molecule has 434 valence electrons. The molecule has 4 fully saturated rings. The molecule has 0 aromatic carbocycles. The smallest absolute Gasteiger partial charge is 0.349 e. The first-order valence-corrected chi connectivity index (χ1v) is 31.2. The van der Waals surface area contributed by atoms with Crippen molar-refractivity contribution in [2.45, 2.75) is 171 Å². The summed E-state index contributed by atoms with van der Waals surface area (Å²) in [4.78, 5) is 93.8. The van der Waals surface area contributed by atoms with E-state index in [1.807, 2.05) is 27.7 Å². The minimum absolute atomic E-state index is 0.104. The number of esters is 8. The van der Waals surface area contributed by atoms with Gasteiger partial charge in [0, 0.05) is 28.8 Å². The number of carbonyl (C=O) groups excluding carboxylic acids is 8. The Morgan fingerprint density at radius 1 is 0.507 bits per heavy atom. The van der Waals surface area contributed by atoms with Crippen molar-refractivity contribution < 1.29 is 90.5 Å². The summed E-state index contributed by atoms with van der Waals surface area (Å²) in [6.07, 6.45) is -0.155. The number of hydrogen-bond donors (Lipinski definition) is 0. The molecule has 0 bridgehead atoms. The van der Waals surface area contributed by atoms with Gasteiger partial charge in [0.15, 0.2) is 35.8 Å². The average Bonchev–Trinajstić information content (AvgIpc) is 3.67. The predicted molar refractivity (Wildman–Crippen MR) is 293 cm³/mol. The zero-order valence-electron chi connectivity index (χ0n) is 46.6. The lowest BCUT2D eigenvalue weighted by atomic mass is 9.90. The molecule has 75 heavy (non-hydrogen) atoms. The standard InChI is InChI=1S/C13H22O6.C13H22O5S.C13H22O4S2.C12H20O4S2/c1-5-13(3,4)12(15)18-9(2)11(14)19-10-8-16-6-7-17-10;1-5-13(3,4)12(15)17-9(2)11(14)18-10-8-19-7-6-16-10;1-5-13(3,4)12(15)16-9(2)11(14)17-10-8-18-6-7-19-10;1-3-9(2)12(14)15-7-10(13)16-11-8-17-5-4-6-18-11/h3*9-10H,5-8H2,1-4H3;9,11H,3-8H2,1-2H3. The van der Waals surface area contributed by atoms with Crippen LogP contribution in [0.3, 0.4) is 0 Å². The van der Waals surface area contributed by atoms with Crippen LogP contribution in [-0.4, -0.2) is 169 Å². The SMILES string of the molecule is CCC(C)(C)C(=O)OC(C)C(=O)OC1COCCO1.CCC(C)(C)C(=O)OC(C)C(=O)OC1CSCCO1.CCC(C)(C)C(=O)OC(C)C(=O)OC1CSCCS1.CCC(C)C(=O)OCC(=O)OC1CSCCCS1. The highest BCUT2D eigenvalue weighted by atomic mass is 32.2. The van der Waals surface area contributed by atoms with Gasteiger partial charge in [0.1, 0.15) is 6.61 Å². The number of ether oxygens (including phenoxy) is 11. The van der Waals surface area contributed by atoms with Gasteiger partial charge in [0.25, 0.3) is 0 Å². The molecule has 0 amide bonds. The fraction of sp³-hybridized carbons (Fsp3) is 0.843. The number of carbonyl (C=O) groups is 8. The zero-order chi connectivity index (χ0) is 56.8. The maximum Gasteiger partial charge on any atom is 0.349 e. The average molecular weight is 1160 g/mol. The highest BCUT2D eigenvalue weighted by Gasteiger charge is 2.35. The van der Waals surface area contributed by atoms with Crippen LogP contribution in [-0.2, 0) is 90.5 Å². The molecule has 19 nitrogen and oxygen atoms in total.